The van der Waals surface area contributed by atoms with E-state index in [9.17, 15) is 14.4 Å². The van der Waals surface area contributed by atoms with E-state index in [1.807, 2.05) is 6.92 Å². The van der Waals surface area contributed by atoms with Crippen LogP contribution in [0, 0.1) is 30.6 Å². The fraction of sp³-hybridized carbons (Fsp3) is 0.526. The number of anilines is 1. The van der Waals surface area contributed by atoms with E-state index in [4.69, 9.17) is 11.6 Å². The van der Waals surface area contributed by atoms with Crippen LogP contribution in [0.5, 0.6) is 0 Å². The topological polar surface area (TPSA) is 66.5 Å². The molecule has 4 rings (SSSR count). The van der Waals surface area contributed by atoms with Gasteiger partial charge in [-0.3, -0.25) is 19.3 Å². The molecule has 26 heavy (non-hydrogen) atoms. The van der Waals surface area contributed by atoms with Crippen LogP contribution in [0.1, 0.15) is 31.2 Å². The number of halogens is 2. The normalized spacial score (nSPS) is 29.4. The van der Waals surface area contributed by atoms with Gasteiger partial charge in [-0.25, -0.2) is 0 Å². The van der Waals surface area contributed by atoms with E-state index in [2.05, 4.69) is 21.2 Å². The highest BCUT2D eigenvalue weighted by atomic mass is 79.9. The van der Waals surface area contributed by atoms with Crippen molar-refractivity contribution < 1.29 is 14.4 Å². The summed E-state index contributed by atoms with van der Waals surface area (Å²) in [5, 5.41) is 3.37. The Hall–Kier alpha value is -1.40. The number of likely N-dealkylation sites (tertiary alicyclic amines) is 1. The van der Waals surface area contributed by atoms with Crippen LogP contribution < -0.4 is 5.32 Å². The number of imide groups is 1. The lowest BCUT2D eigenvalue weighted by molar-refractivity contribution is -0.140. The zero-order chi connectivity index (χ0) is 18.6. The first-order valence-corrected chi connectivity index (χ1v) is 10.1. The van der Waals surface area contributed by atoms with Gasteiger partial charge in [-0.15, -0.1) is 0 Å². The van der Waals surface area contributed by atoms with Crippen molar-refractivity contribution >= 4 is 50.9 Å². The van der Waals surface area contributed by atoms with E-state index in [-0.39, 0.29) is 42.5 Å². The molecule has 2 aliphatic carbocycles. The summed E-state index contributed by atoms with van der Waals surface area (Å²) in [4.78, 5) is 38.9. The van der Waals surface area contributed by atoms with Crippen molar-refractivity contribution in [3.8, 4) is 0 Å². The van der Waals surface area contributed by atoms with Gasteiger partial charge in [-0.05, 0) is 71.6 Å². The molecule has 1 aliphatic heterocycles. The van der Waals surface area contributed by atoms with E-state index >= 15 is 0 Å². The summed E-state index contributed by atoms with van der Waals surface area (Å²) in [5.74, 6) is 0.118. The van der Waals surface area contributed by atoms with Crippen molar-refractivity contribution in [2.45, 2.75) is 32.6 Å². The number of nitrogens with one attached hydrogen (secondary N) is 1. The molecule has 1 heterocycles. The molecule has 2 bridgehead atoms. The van der Waals surface area contributed by atoms with Crippen LogP contribution >= 0.6 is 27.5 Å². The Labute approximate surface area is 165 Å². The van der Waals surface area contributed by atoms with Gasteiger partial charge in [-0.1, -0.05) is 11.6 Å². The summed E-state index contributed by atoms with van der Waals surface area (Å²) in [6.45, 7) is 1.98. The summed E-state index contributed by atoms with van der Waals surface area (Å²) in [7, 11) is 0. The predicted molar refractivity (Wildman–Crippen MR) is 102 cm³/mol. The number of carbonyl (C=O) groups is 3. The van der Waals surface area contributed by atoms with Crippen molar-refractivity contribution in [2.75, 3.05) is 11.9 Å². The Kier molecular flexibility index (Phi) is 4.59. The fourth-order valence-corrected chi connectivity index (χ4v) is 5.50. The second-order valence-corrected chi connectivity index (χ2v) is 8.78. The van der Waals surface area contributed by atoms with Crippen LogP contribution in [0.4, 0.5) is 5.69 Å². The zero-order valence-electron chi connectivity index (χ0n) is 14.4. The third kappa shape index (κ3) is 2.78. The lowest BCUT2D eigenvalue weighted by Crippen LogP contribution is -2.35. The minimum absolute atomic E-state index is 0.0668. The monoisotopic (exact) mass is 438 g/mol. The SMILES string of the molecule is Cc1c(NC(=O)CCN2C(=O)[C@H]3[C@H]4CC[C@@H](C4)[C@@H]3C2=O)ccc(Br)c1Cl. The molecule has 1 saturated heterocycles. The first-order chi connectivity index (χ1) is 12.4. The Morgan fingerprint density at radius 2 is 1.85 bits per heavy atom. The first-order valence-electron chi connectivity index (χ1n) is 8.98. The van der Waals surface area contributed by atoms with E-state index in [1.54, 1.807) is 12.1 Å². The molecule has 1 aromatic carbocycles. The lowest BCUT2D eigenvalue weighted by Gasteiger charge is -2.19. The summed E-state index contributed by atoms with van der Waals surface area (Å²) in [6, 6.07) is 3.55. The Morgan fingerprint density at radius 1 is 1.23 bits per heavy atom. The molecule has 7 heteroatoms. The van der Waals surface area contributed by atoms with Crippen molar-refractivity contribution in [3.63, 3.8) is 0 Å². The molecule has 3 fully saturated rings. The third-order valence-corrected chi connectivity index (χ3v) is 7.57. The Bertz CT molecular complexity index is 784. The van der Waals surface area contributed by atoms with Crippen LogP contribution in [-0.2, 0) is 14.4 Å². The molecule has 138 valence electrons. The molecule has 4 atom stereocenters. The Balaban J connectivity index is 1.39. The Morgan fingerprint density at radius 3 is 2.46 bits per heavy atom. The molecular formula is C19H20BrClN2O3. The maximum absolute atomic E-state index is 12.6. The highest BCUT2D eigenvalue weighted by Gasteiger charge is 2.60. The van der Waals surface area contributed by atoms with Gasteiger partial charge < -0.3 is 5.32 Å². The molecule has 0 radical (unpaired) electrons. The van der Waals surface area contributed by atoms with E-state index < -0.39 is 0 Å². The molecule has 1 N–H and O–H groups in total. The predicted octanol–water partition coefficient (Wildman–Crippen LogP) is 3.77. The number of rotatable bonds is 4. The number of nitrogens with zero attached hydrogens (tertiary/aromatic N) is 1. The third-order valence-electron chi connectivity index (χ3n) is 6.19. The van der Waals surface area contributed by atoms with Crippen LogP contribution in [0.15, 0.2) is 16.6 Å². The minimum atomic E-state index is -0.230. The first kappa shape index (κ1) is 18.0. The molecule has 5 nitrogen and oxygen atoms in total. The number of hydrogen-bond donors (Lipinski definition) is 1. The fourth-order valence-electron chi connectivity index (χ4n) is 4.90. The van der Waals surface area contributed by atoms with E-state index in [1.165, 1.54) is 4.90 Å². The van der Waals surface area contributed by atoms with Crippen LogP contribution in [-0.4, -0.2) is 29.2 Å². The van der Waals surface area contributed by atoms with Gasteiger partial charge >= 0.3 is 0 Å². The molecule has 0 unspecified atom stereocenters. The number of carbonyl (C=O) groups excluding carboxylic acids is 3. The average molecular weight is 440 g/mol. The maximum Gasteiger partial charge on any atom is 0.233 e. The van der Waals surface area contributed by atoms with Gasteiger partial charge in [-0.2, -0.15) is 0 Å². The standard InChI is InChI=1S/C19H20BrClN2O3/c1-9-13(5-4-12(20)17(9)21)22-14(24)6-7-23-18(25)15-10-2-3-11(8-10)16(15)19(23)26/h4-5,10-11,15-16H,2-3,6-8H2,1H3,(H,22,24)/t10-,11-,15-,16-/m0/s1. The van der Waals surface area contributed by atoms with Gasteiger partial charge in [0.2, 0.25) is 17.7 Å². The van der Waals surface area contributed by atoms with Gasteiger partial charge in [0.05, 0.1) is 16.9 Å². The summed E-state index contributed by atoms with van der Waals surface area (Å²) < 4.78 is 0.768. The summed E-state index contributed by atoms with van der Waals surface area (Å²) in [6.07, 6.45) is 3.23. The van der Waals surface area contributed by atoms with E-state index in [0.717, 1.165) is 29.3 Å². The molecule has 0 spiro atoms. The highest BCUT2D eigenvalue weighted by molar-refractivity contribution is 9.10. The molecule has 0 aromatic heterocycles. The molecule has 2 saturated carbocycles. The molecular weight excluding hydrogens is 420 g/mol. The van der Waals surface area contributed by atoms with Crippen molar-refractivity contribution in [3.05, 3.63) is 27.2 Å². The molecule has 1 aromatic rings. The average Bonchev–Trinajstić information content (AvgIpc) is 3.28. The minimum Gasteiger partial charge on any atom is -0.326 e. The highest BCUT2D eigenvalue weighted by Crippen LogP contribution is 2.56. The number of fused-ring (bicyclic) bond motifs is 5. The van der Waals surface area contributed by atoms with Crippen molar-refractivity contribution in [2.24, 2.45) is 23.7 Å². The summed E-state index contributed by atoms with van der Waals surface area (Å²) >= 11 is 9.52. The van der Waals surface area contributed by atoms with Gasteiger partial charge in [0.1, 0.15) is 0 Å². The van der Waals surface area contributed by atoms with Crippen LogP contribution in [0.3, 0.4) is 0 Å². The second-order valence-electron chi connectivity index (χ2n) is 7.54. The number of benzene rings is 1. The largest absolute Gasteiger partial charge is 0.326 e. The lowest BCUT2D eigenvalue weighted by atomic mass is 9.81. The number of amides is 3. The number of hydrogen-bond acceptors (Lipinski definition) is 3. The van der Waals surface area contributed by atoms with Gasteiger partial charge in [0.15, 0.2) is 0 Å². The second kappa shape index (κ2) is 6.64. The van der Waals surface area contributed by atoms with Gasteiger partial charge in [0.25, 0.3) is 0 Å². The zero-order valence-corrected chi connectivity index (χ0v) is 16.8. The smallest absolute Gasteiger partial charge is 0.233 e. The van der Waals surface area contributed by atoms with Crippen LogP contribution in [0.2, 0.25) is 5.02 Å². The summed E-state index contributed by atoms with van der Waals surface area (Å²) in [5.41, 5.74) is 1.41. The molecule has 3 aliphatic rings. The maximum atomic E-state index is 12.6. The quantitative estimate of drug-likeness (QED) is 0.726. The van der Waals surface area contributed by atoms with Gasteiger partial charge in [0, 0.05) is 23.1 Å². The van der Waals surface area contributed by atoms with Crippen molar-refractivity contribution in [1.82, 2.24) is 4.90 Å². The molecule has 3 amide bonds. The van der Waals surface area contributed by atoms with Crippen molar-refractivity contribution in [1.29, 1.82) is 0 Å². The van der Waals surface area contributed by atoms with E-state index in [0.29, 0.717) is 22.5 Å². The van der Waals surface area contributed by atoms with Crippen LogP contribution in [0.25, 0.3) is 0 Å².